The summed E-state index contributed by atoms with van der Waals surface area (Å²) in [4.78, 5) is 25.1. The molecule has 0 aliphatic carbocycles. The molecule has 2 unspecified atom stereocenters. The average molecular weight is 240 g/mol. The molecule has 2 aliphatic rings. The third-order valence-corrected chi connectivity index (χ3v) is 3.26. The van der Waals surface area contributed by atoms with Crippen molar-refractivity contribution in [2.24, 2.45) is 11.8 Å². The van der Waals surface area contributed by atoms with Gasteiger partial charge in [0.25, 0.3) is 0 Å². The van der Waals surface area contributed by atoms with Crippen molar-refractivity contribution in [3.63, 3.8) is 0 Å². The standard InChI is InChI=1S/C12H20N2O3/c1-12(2,3)17-11(16)14-5-4-9-8(7-14)6-13-10(9)15/h8-9H,4-7H2,1-3H3,(H,13,15). The van der Waals surface area contributed by atoms with Gasteiger partial charge in [0.2, 0.25) is 5.91 Å². The molecule has 0 aromatic carbocycles. The monoisotopic (exact) mass is 240 g/mol. The topological polar surface area (TPSA) is 58.6 Å². The fraction of sp³-hybridized carbons (Fsp3) is 0.833. The number of nitrogens with one attached hydrogen (secondary N) is 1. The van der Waals surface area contributed by atoms with Gasteiger partial charge in [0.1, 0.15) is 5.60 Å². The zero-order valence-corrected chi connectivity index (χ0v) is 10.7. The van der Waals surface area contributed by atoms with Crippen LogP contribution in [0.2, 0.25) is 0 Å². The van der Waals surface area contributed by atoms with E-state index in [-0.39, 0.29) is 23.8 Å². The number of likely N-dealkylation sites (tertiary alicyclic amines) is 1. The lowest BCUT2D eigenvalue weighted by Crippen LogP contribution is -2.46. The predicted molar refractivity (Wildman–Crippen MR) is 62.4 cm³/mol. The fourth-order valence-corrected chi connectivity index (χ4v) is 2.44. The number of hydrogen-bond acceptors (Lipinski definition) is 3. The largest absolute Gasteiger partial charge is 0.444 e. The number of hydrogen-bond donors (Lipinski definition) is 1. The van der Waals surface area contributed by atoms with E-state index >= 15 is 0 Å². The summed E-state index contributed by atoms with van der Waals surface area (Å²) in [7, 11) is 0. The molecule has 1 N–H and O–H groups in total. The molecule has 2 atom stereocenters. The van der Waals surface area contributed by atoms with Gasteiger partial charge in [0.05, 0.1) is 0 Å². The maximum atomic E-state index is 11.9. The van der Waals surface area contributed by atoms with Gasteiger partial charge in [-0.2, -0.15) is 0 Å². The summed E-state index contributed by atoms with van der Waals surface area (Å²) in [6.45, 7) is 7.50. The first kappa shape index (κ1) is 12.2. The Bertz CT molecular complexity index is 335. The van der Waals surface area contributed by atoms with E-state index in [0.717, 1.165) is 6.42 Å². The van der Waals surface area contributed by atoms with Crippen molar-refractivity contribution in [1.82, 2.24) is 10.2 Å². The molecule has 2 fully saturated rings. The second-order valence-corrected chi connectivity index (χ2v) is 5.83. The van der Waals surface area contributed by atoms with E-state index in [1.54, 1.807) is 4.90 Å². The van der Waals surface area contributed by atoms with Crippen LogP contribution >= 0.6 is 0 Å². The van der Waals surface area contributed by atoms with Gasteiger partial charge in [-0.05, 0) is 27.2 Å². The van der Waals surface area contributed by atoms with E-state index in [9.17, 15) is 9.59 Å². The molecule has 2 amide bonds. The molecule has 2 saturated heterocycles. The van der Waals surface area contributed by atoms with Crippen LogP contribution in [0.4, 0.5) is 4.79 Å². The highest BCUT2D eigenvalue weighted by atomic mass is 16.6. The van der Waals surface area contributed by atoms with E-state index < -0.39 is 5.60 Å². The Kier molecular flexibility index (Phi) is 3.02. The molecule has 0 saturated carbocycles. The number of rotatable bonds is 0. The van der Waals surface area contributed by atoms with E-state index in [2.05, 4.69) is 5.32 Å². The van der Waals surface area contributed by atoms with Crippen molar-refractivity contribution < 1.29 is 14.3 Å². The lowest BCUT2D eigenvalue weighted by atomic mass is 9.88. The highest BCUT2D eigenvalue weighted by Crippen LogP contribution is 2.28. The molecule has 2 heterocycles. The molecule has 0 aromatic heterocycles. The maximum absolute atomic E-state index is 11.9. The summed E-state index contributed by atoms with van der Waals surface area (Å²) < 4.78 is 5.33. The van der Waals surface area contributed by atoms with Gasteiger partial charge in [0.15, 0.2) is 0 Å². The quantitative estimate of drug-likeness (QED) is 0.687. The first-order valence-corrected chi connectivity index (χ1v) is 6.12. The van der Waals surface area contributed by atoms with Crippen LogP contribution in [0.3, 0.4) is 0 Å². The van der Waals surface area contributed by atoms with Crippen LogP contribution in [0.1, 0.15) is 27.2 Å². The van der Waals surface area contributed by atoms with Gasteiger partial charge >= 0.3 is 6.09 Å². The molecule has 0 spiro atoms. The van der Waals surface area contributed by atoms with E-state index in [1.807, 2.05) is 20.8 Å². The number of piperidine rings is 1. The first-order chi connectivity index (χ1) is 7.87. The maximum Gasteiger partial charge on any atom is 0.410 e. The van der Waals surface area contributed by atoms with Crippen molar-refractivity contribution in [2.45, 2.75) is 32.8 Å². The Morgan fingerprint density at radius 2 is 2.18 bits per heavy atom. The van der Waals surface area contributed by atoms with Crippen LogP contribution in [0.25, 0.3) is 0 Å². The fourth-order valence-electron chi connectivity index (χ4n) is 2.44. The average Bonchev–Trinajstić information content (AvgIpc) is 2.57. The highest BCUT2D eigenvalue weighted by Gasteiger charge is 2.40. The summed E-state index contributed by atoms with van der Waals surface area (Å²) in [6, 6.07) is 0. The minimum atomic E-state index is -0.461. The van der Waals surface area contributed by atoms with E-state index in [1.165, 1.54) is 0 Å². The van der Waals surface area contributed by atoms with Crippen molar-refractivity contribution in [2.75, 3.05) is 19.6 Å². The van der Waals surface area contributed by atoms with E-state index in [4.69, 9.17) is 4.74 Å². The van der Waals surface area contributed by atoms with Crippen LogP contribution in [0, 0.1) is 11.8 Å². The van der Waals surface area contributed by atoms with Crippen molar-refractivity contribution in [3.05, 3.63) is 0 Å². The molecule has 17 heavy (non-hydrogen) atoms. The molecule has 0 radical (unpaired) electrons. The van der Waals surface area contributed by atoms with Crippen molar-refractivity contribution in [1.29, 1.82) is 0 Å². The molecular formula is C12H20N2O3. The minimum Gasteiger partial charge on any atom is -0.444 e. The van der Waals surface area contributed by atoms with Gasteiger partial charge in [-0.15, -0.1) is 0 Å². The van der Waals surface area contributed by atoms with Crippen LogP contribution in [0.5, 0.6) is 0 Å². The molecular weight excluding hydrogens is 220 g/mol. The Morgan fingerprint density at radius 3 is 2.82 bits per heavy atom. The predicted octanol–water partition coefficient (Wildman–Crippen LogP) is 0.989. The third kappa shape index (κ3) is 2.70. The molecule has 0 bridgehead atoms. The van der Waals surface area contributed by atoms with Gasteiger partial charge in [0, 0.05) is 31.5 Å². The number of amides is 2. The van der Waals surface area contributed by atoms with Crippen LogP contribution in [-0.4, -0.2) is 42.1 Å². The summed E-state index contributed by atoms with van der Waals surface area (Å²) in [5, 5.41) is 2.85. The third-order valence-electron chi connectivity index (χ3n) is 3.26. The second kappa shape index (κ2) is 4.20. The number of carbonyl (C=O) groups is 2. The Labute approximate surface area is 101 Å². The number of ether oxygens (including phenoxy) is 1. The summed E-state index contributed by atoms with van der Waals surface area (Å²) in [6.07, 6.45) is 0.478. The zero-order chi connectivity index (χ0) is 12.6. The normalized spacial score (nSPS) is 28.6. The molecule has 2 aliphatic heterocycles. The zero-order valence-electron chi connectivity index (χ0n) is 10.7. The number of nitrogens with zero attached hydrogens (tertiary/aromatic N) is 1. The van der Waals surface area contributed by atoms with Crippen LogP contribution in [-0.2, 0) is 9.53 Å². The van der Waals surface area contributed by atoms with Gasteiger partial charge in [-0.1, -0.05) is 0 Å². The lowest BCUT2D eigenvalue weighted by Gasteiger charge is -2.34. The van der Waals surface area contributed by atoms with Crippen molar-refractivity contribution in [3.8, 4) is 0 Å². The summed E-state index contributed by atoms with van der Waals surface area (Å²) in [5.41, 5.74) is -0.461. The molecule has 0 aromatic rings. The SMILES string of the molecule is CC(C)(C)OC(=O)N1CCC2C(=O)NCC2C1. The first-order valence-electron chi connectivity index (χ1n) is 6.12. The number of carbonyl (C=O) groups excluding carboxylic acids is 2. The Hall–Kier alpha value is -1.26. The lowest BCUT2D eigenvalue weighted by molar-refractivity contribution is -0.124. The number of fused-ring (bicyclic) bond motifs is 1. The van der Waals surface area contributed by atoms with Gasteiger partial charge in [-0.25, -0.2) is 4.79 Å². The Morgan fingerprint density at radius 1 is 1.47 bits per heavy atom. The summed E-state index contributed by atoms with van der Waals surface area (Å²) >= 11 is 0. The Balaban J connectivity index is 1.93. The van der Waals surface area contributed by atoms with Gasteiger partial charge in [-0.3, -0.25) is 4.79 Å². The second-order valence-electron chi connectivity index (χ2n) is 5.83. The van der Waals surface area contributed by atoms with E-state index in [0.29, 0.717) is 19.6 Å². The summed E-state index contributed by atoms with van der Waals surface area (Å²) in [5.74, 6) is 0.483. The highest BCUT2D eigenvalue weighted by molar-refractivity contribution is 5.81. The van der Waals surface area contributed by atoms with Crippen LogP contribution in [0.15, 0.2) is 0 Å². The van der Waals surface area contributed by atoms with Crippen LogP contribution < -0.4 is 5.32 Å². The minimum absolute atomic E-state index is 0.0914. The molecule has 5 heteroatoms. The molecule has 2 rings (SSSR count). The molecule has 5 nitrogen and oxygen atoms in total. The van der Waals surface area contributed by atoms with Crippen molar-refractivity contribution >= 4 is 12.0 Å². The van der Waals surface area contributed by atoms with Gasteiger partial charge < -0.3 is 15.0 Å². The molecule has 96 valence electrons. The smallest absolute Gasteiger partial charge is 0.410 e.